The van der Waals surface area contributed by atoms with Crippen LogP contribution in [0.3, 0.4) is 0 Å². The lowest BCUT2D eigenvalue weighted by Crippen LogP contribution is -2.42. The topological polar surface area (TPSA) is 474 Å². The van der Waals surface area contributed by atoms with Crippen molar-refractivity contribution in [1.29, 1.82) is 0 Å². The lowest BCUT2D eigenvalue weighted by atomic mass is 10.0. The van der Waals surface area contributed by atoms with Gasteiger partial charge < -0.3 is 77.0 Å². The van der Waals surface area contributed by atoms with Crippen molar-refractivity contribution in [3.63, 3.8) is 0 Å². The molecular weight excluding hydrogens is 1110 g/mol. The molecule has 0 spiro atoms. The van der Waals surface area contributed by atoms with E-state index < -0.39 is 129 Å². The van der Waals surface area contributed by atoms with Crippen LogP contribution in [0.5, 0.6) is 0 Å². The summed E-state index contributed by atoms with van der Waals surface area (Å²) in [6.07, 6.45) is -4.39. The minimum Gasteiger partial charge on any atom is -0.394 e. The molecule has 4 saturated heterocycles. The number of alkyl halides is 4. The molecule has 0 radical (unpaired) electrons. The van der Waals surface area contributed by atoms with Crippen LogP contribution in [0, 0.1) is 0 Å². The highest BCUT2D eigenvalue weighted by molar-refractivity contribution is 6.25. The van der Waals surface area contributed by atoms with E-state index in [0.717, 1.165) is 15.2 Å². The van der Waals surface area contributed by atoms with Crippen molar-refractivity contribution < 1.29 is 59.8 Å². The Morgan fingerprint density at radius 1 is 0.558 bits per heavy atom. The summed E-state index contributed by atoms with van der Waals surface area (Å²) in [5, 5.41) is 76.6. The second kappa shape index (κ2) is 22.7. The molecule has 0 amide bonds. The maximum Gasteiger partial charge on any atom is 0.351 e. The van der Waals surface area contributed by atoms with E-state index in [-0.39, 0.29) is 42.0 Å². The van der Waals surface area contributed by atoms with Gasteiger partial charge in [0.1, 0.15) is 86.0 Å². The molecule has 16 atom stereocenters. The van der Waals surface area contributed by atoms with Crippen LogP contribution in [-0.4, -0.2) is 194 Å². The zero-order valence-corrected chi connectivity index (χ0v) is 43.9. The molecule has 422 valence electrons. The van der Waals surface area contributed by atoms with Crippen molar-refractivity contribution in [1.82, 2.24) is 58.1 Å². The highest BCUT2D eigenvalue weighted by Crippen LogP contribution is 2.46. The SMILES string of the molecule is C[C@@]1(Cl)[C@H](O)[C@@H](CO)O[C@H]1n1ccc(=O)[nH]c1=O.C[C@@]1(Cl)[C@H](O)[C@@H](CO)O[C@H]1n1ccc(N)nc1=O.C[C@@]1(Cl)[C@H](O)[C@@H](CO)O[C@H]1n1cnc2c(=O)[nH]c(N)nc21.C[C@@]1(Cl)[C@H](O)[C@@H](CO)O[C@H]1n1cnc2c(N)ncnc21. The number of fused-ring (bicyclic) bond motifs is 2. The molecule has 4 fully saturated rings. The van der Waals surface area contributed by atoms with Crippen molar-refractivity contribution in [2.24, 2.45) is 0 Å². The van der Waals surface area contributed by atoms with Gasteiger partial charge in [0, 0.05) is 18.5 Å². The van der Waals surface area contributed by atoms with E-state index in [9.17, 15) is 49.8 Å². The van der Waals surface area contributed by atoms with Crippen molar-refractivity contribution >= 4 is 86.3 Å². The summed E-state index contributed by atoms with van der Waals surface area (Å²) >= 11 is 25.1. The minimum atomic E-state index is -1.28. The number of imidazole rings is 2. The summed E-state index contributed by atoms with van der Waals surface area (Å²) in [7, 11) is 0. The van der Waals surface area contributed by atoms with Gasteiger partial charge in [-0.25, -0.2) is 29.5 Å². The highest BCUT2D eigenvalue weighted by atomic mass is 35.5. The van der Waals surface area contributed by atoms with E-state index in [2.05, 4.69) is 39.9 Å². The number of rotatable bonds is 8. The monoisotopic (exact) mass is 1170 g/mol. The summed E-state index contributed by atoms with van der Waals surface area (Å²) in [5.41, 5.74) is 15.5. The number of halogens is 4. The maximum absolute atomic E-state index is 11.8. The first-order valence-corrected chi connectivity index (χ1v) is 24.4. The minimum absolute atomic E-state index is 0.0669. The van der Waals surface area contributed by atoms with Crippen LogP contribution in [0.4, 0.5) is 17.6 Å². The van der Waals surface area contributed by atoms with Crippen LogP contribution in [0.15, 0.2) is 62.7 Å². The smallest absolute Gasteiger partial charge is 0.351 e. The first-order chi connectivity index (χ1) is 36.1. The van der Waals surface area contributed by atoms with Crippen LogP contribution in [0.1, 0.15) is 52.6 Å². The Morgan fingerprint density at radius 3 is 1.40 bits per heavy atom. The van der Waals surface area contributed by atoms with Gasteiger partial charge in [-0.05, 0) is 33.8 Å². The molecule has 6 aromatic rings. The summed E-state index contributed by atoms with van der Waals surface area (Å²) in [4.78, 5) is 69.3. The fourth-order valence-electron chi connectivity index (χ4n) is 8.82. The van der Waals surface area contributed by atoms with Gasteiger partial charge in [-0.1, -0.05) is 0 Å². The molecule has 10 rings (SSSR count). The molecule has 77 heavy (non-hydrogen) atoms. The van der Waals surface area contributed by atoms with Crippen LogP contribution < -0.4 is 39.7 Å². The molecule has 35 heteroatoms. The van der Waals surface area contributed by atoms with Gasteiger partial charge in [-0.3, -0.25) is 37.8 Å². The number of hydrogen-bond acceptors (Lipinski definition) is 25. The Hall–Kier alpha value is -5.46. The van der Waals surface area contributed by atoms with Crippen molar-refractivity contribution in [2.45, 2.75) is 121 Å². The van der Waals surface area contributed by atoms with Gasteiger partial charge in [0.15, 0.2) is 47.5 Å². The molecule has 0 bridgehead atoms. The second-order valence-electron chi connectivity index (χ2n) is 18.6. The van der Waals surface area contributed by atoms with Crippen LogP contribution in [-0.2, 0) is 18.9 Å². The molecule has 0 aromatic carbocycles. The molecule has 10 heterocycles. The predicted molar refractivity (Wildman–Crippen MR) is 272 cm³/mol. The van der Waals surface area contributed by atoms with E-state index in [1.165, 1.54) is 55.9 Å². The molecular formula is C42H55Cl4N15O16. The van der Waals surface area contributed by atoms with Gasteiger partial charge >= 0.3 is 11.4 Å². The lowest BCUT2D eigenvalue weighted by molar-refractivity contribution is -0.0470. The molecule has 31 nitrogen and oxygen atoms in total. The number of ether oxygens (including phenoxy) is 4. The number of aromatic amines is 2. The Bertz CT molecular complexity index is 3300. The third-order valence-electron chi connectivity index (χ3n) is 13.1. The molecule has 0 saturated carbocycles. The van der Waals surface area contributed by atoms with E-state index in [0.29, 0.717) is 11.2 Å². The Kier molecular flexibility index (Phi) is 17.5. The predicted octanol–water partition coefficient (Wildman–Crippen LogP) is -3.54. The first kappa shape index (κ1) is 59.2. The zero-order chi connectivity index (χ0) is 56.9. The van der Waals surface area contributed by atoms with Crippen molar-refractivity contribution in [3.8, 4) is 0 Å². The molecule has 6 aromatic heterocycles. The molecule has 0 unspecified atom stereocenters. The average molecular weight is 1170 g/mol. The number of aromatic nitrogens is 12. The molecule has 16 N–H and O–H groups in total. The van der Waals surface area contributed by atoms with Gasteiger partial charge in [-0.15, -0.1) is 46.4 Å². The normalized spacial score (nSPS) is 34.5. The highest BCUT2D eigenvalue weighted by Gasteiger charge is 2.56. The fourth-order valence-corrected chi connectivity index (χ4v) is 10.0. The number of hydrogen-bond donors (Lipinski definition) is 13. The van der Waals surface area contributed by atoms with Crippen LogP contribution in [0.2, 0.25) is 0 Å². The van der Waals surface area contributed by atoms with E-state index in [4.69, 9.17) is 92.8 Å². The number of H-pyrrole nitrogens is 2. The molecule has 4 aliphatic rings. The number of nitrogens with one attached hydrogen (secondary N) is 2. The summed E-state index contributed by atoms with van der Waals surface area (Å²) in [5.74, 6) is 0.273. The Balaban J connectivity index is 0.000000149. The molecule has 4 aliphatic heterocycles. The summed E-state index contributed by atoms with van der Waals surface area (Å²) in [6.45, 7) is 4.71. The number of aliphatic hydroxyl groups is 8. The summed E-state index contributed by atoms with van der Waals surface area (Å²) < 4.78 is 27.2. The Labute approximate surface area is 452 Å². The number of anilines is 3. The third kappa shape index (κ3) is 11.1. The van der Waals surface area contributed by atoms with Gasteiger partial charge in [0.2, 0.25) is 5.95 Å². The third-order valence-corrected chi connectivity index (χ3v) is 14.8. The van der Waals surface area contributed by atoms with Crippen molar-refractivity contribution in [3.05, 3.63) is 85.2 Å². The van der Waals surface area contributed by atoms with Gasteiger partial charge in [-0.2, -0.15) is 9.97 Å². The standard InChI is InChI=1S/C11H14ClN5O4.C11H14ClN5O3.C10H14ClN3O4.C10H13ClN2O5/c1-11(12)6(19)4(2-18)21-9(11)17-3-14-5-7(17)15-10(13)16-8(5)20;1-11(12)7(19)5(2-18)20-10(11)17-4-16-6-8(13)14-3-15-9(6)17;1-10(11)7(16)5(4-15)18-8(10)14-3-2-6(12)13-9(14)17;1-10(11)7(16)5(4-14)18-8(10)13-3-2-6(15)12-9(13)17/h3-4,6,9,18-19H,2H2,1H3,(H3,13,15,16,20);3-5,7,10,18-19H,2H2,1H3,(H2,13,14,15);2-3,5,7-8,15-16H,4H2,1H3,(H2,12,13,17);2-3,5,7-8,14,16H,4H2,1H3,(H,12,15,17)/t4-,6-,9-,11-;5-,7-,10-,11-;2*5-,7-,8-,10-/m1111/s1. The average Bonchev–Trinajstić information content (AvgIpc) is 4.28. The lowest BCUT2D eigenvalue weighted by Gasteiger charge is -2.26. The number of nitrogens with two attached hydrogens (primary N) is 3. The fraction of sp³-hybridized carbons (Fsp3) is 0.571. The maximum atomic E-state index is 11.8. The number of nitrogen functional groups attached to an aromatic ring is 3. The quantitative estimate of drug-likeness (QED) is 0.0657. The van der Waals surface area contributed by atoms with Crippen LogP contribution in [0.25, 0.3) is 22.3 Å². The van der Waals surface area contributed by atoms with Crippen LogP contribution >= 0.6 is 46.4 Å². The van der Waals surface area contributed by atoms with E-state index in [1.54, 1.807) is 18.4 Å². The van der Waals surface area contributed by atoms with E-state index >= 15 is 0 Å². The number of aliphatic hydroxyl groups excluding tert-OH is 8. The van der Waals surface area contributed by atoms with Gasteiger partial charge in [0.25, 0.3) is 11.1 Å². The molecule has 0 aliphatic carbocycles. The number of nitrogens with zero attached hydrogens (tertiary/aromatic N) is 10. The van der Waals surface area contributed by atoms with Crippen molar-refractivity contribution in [2.75, 3.05) is 43.6 Å². The zero-order valence-electron chi connectivity index (χ0n) is 40.9. The summed E-state index contributed by atoms with van der Waals surface area (Å²) in [6, 6.07) is 2.58. The van der Waals surface area contributed by atoms with Gasteiger partial charge in [0.05, 0.1) is 39.1 Å². The first-order valence-electron chi connectivity index (χ1n) is 22.9. The largest absolute Gasteiger partial charge is 0.394 e. The Morgan fingerprint density at radius 2 is 0.974 bits per heavy atom. The second-order valence-corrected chi connectivity index (χ2v) is 21.9. The van der Waals surface area contributed by atoms with E-state index in [1.807, 2.05) is 0 Å².